The topological polar surface area (TPSA) is 101 Å². The number of carbonyl (C=O) groups is 3. The zero-order chi connectivity index (χ0) is 10.3. The van der Waals surface area contributed by atoms with Crippen molar-refractivity contribution in [2.75, 3.05) is 13.1 Å². The maximum Gasteiger partial charge on any atom is 0.239 e. The van der Waals surface area contributed by atoms with Gasteiger partial charge in [0, 0.05) is 0 Å². The van der Waals surface area contributed by atoms with Crippen LogP contribution in [0.3, 0.4) is 0 Å². The molecule has 0 aliphatic heterocycles. The van der Waals surface area contributed by atoms with Gasteiger partial charge in [0.1, 0.15) is 6.29 Å². The van der Waals surface area contributed by atoms with E-state index in [1.165, 1.54) is 6.92 Å². The molecule has 0 bridgehead atoms. The number of carbonyl (C=O) groups excluding carboxylic acids is 3. The quantitative estimate of drug-likeness (QED) is 0.424. The molecular formula is C7H13N3O3. The summed E-state index contributed by atoms with van der Waals surface area (Å²) in [5, 5.41) is 4.62. The van der Waals surface area contributed by atoms with E-state index in [0.717, 1.165) is 0 Å². The first kappa shape index (κ1) is 11.6. The minimum absolute atomic E-state index is 0.156. The van der Waals surface area contributed by atoms with Crippen molar-refractivity contribution in [1.29, 1.82) is 0 Å². The summed E-state index contributed by atoms with van der Waals surface area (Å²) in [6, 6.07) is -0.540. The third kappa shape index (κ3) is 5.80. The first-order chi connectivity index (χ1) is 6.10. The van der Waals surface area contributed by atoms with Crippen LogP contribution in [0.4, 0.5) is 0 Å². The van der Waals surface area contributed by atoms with Gasteiger partial charge in [0.2, 0.25) is 11.8 Å². The Morgan fingerprint density at radius 3 is 2.54 bits per heavy atom. The molecular weight excluding hydrogens is 174 g/mol. The molecule has 0 saturated heterocycles. The van der Waals surface area contributed by atoms with Crippen molar-refractivity contribution in [1.82, 2.24) is 10.6 Å². The Labute approximate surface area is 75.9 Å². The summed E-state index contributed by atoms with van der Waals surface area (Å²) in [6.07, 6.45) is 0.600. The normalized spacial score (nSPS) is 11.5. The van der Waals surface area contributed by atoms with Crippen LogP contribution in [0.5, 0.6) is 0 Å². The third-order valence-corrected chi connectivity index (χ3v) is 1.22. The second kappa shape index (κ2) is 6.13. The van der Waals surface area contributed by atoms with Gasteiger partial charge >= 0.3 is 0 Å². The fourth-order valence-electron chi connectivity index (χ4n) is 0.590. The first-order valence-electron chi connectivity index (χ1n) is 3.81. The lowest BCUT2D eigenvalue weighted by molar-refractivity contribution is -0.126. The van der Waals surface area contributed by atoms with Crippen LogP contribution >= 0.6 is 0 Å². The van der Waals surface area contributed by atoms with Gasteiger partial charge < -0.3 is 21.2 Å². The Morgan fingerprint density at radius 2 is 2.08 bits per heavy atom. The number of nitrogens with two attached hydrogens (primary N) is 1. The predicted octanol–water partition coefficient (Wildman–Crippen LogP) is -2.24. The molecule has 2 amide bonds. The zero-order valence-electron chi connectivity index (χ0n) is 7.37. The number of rotatable bonds is 5. The van der Waals surface area contributed by atoms with E-state index in [9.17, 15) is 14.4 Å². The molecule has 0 aromatic heterocycles. The van der Waals surface area contributed by atoms with Gasteiger partial charge in [-0.25, -0.2) is 0 Å². The number of aldehydes is 1. The Hall–Kier alpha value is -1.43. The van der Waals surface area contributed by atoms with Gasteiger partial charge in [-0.15, -0.1) is 0 Å². The predicted molar refractivity (Wildman–Crippen MR) is 45.7 cm³/mol. The third-order valence-electron chi connectivity index (χ3n) is 1.22. The van der Waals surface area contributed by atoms with Crippen LogP contribution in [0.2, 0.25) is 0 Å². The highest BCUT2D eigenvalue weighted by Crippen LogP contribution is 1.73. The molecule has 6 heteroatoms. The molecule has 0 spiro atoms. The molecule has 0 aromatic rings. The van der Waals surface area contributed by atoms with Crippen LogP contribution in [0.25, 0.3) is 0 Å². The molecule has 0 heterocycles. The van der Waals surface area contributed by atoms with Crippen LogP contribution in [0.1, 0.15) is 6.92 Å². The van der Waals surface area contributed by atoms with E-state index in [4.69, 9.17) is 5.73 Å². The molecule has 0 aromatic carbocycles. The van der Waals surface area contributed by atoms with Gasteiger partial charge in [-0.3, -0.25) is 9.59 Å². The zero-order valence-corrected chi connectivity index (χ0v) is 7.37. The van der Waals surface area contributed by atoms with Crippen LogP contribution in [0, 0.1) is 0 Å². The molecule has 74 valence electrons. The summed E-state index contributed by atoms with van der Waals surface area (Å²) in [5.41, 5.74) is 4.99. The van der Waals surface area contributed by atoms with Crippen molar-refractivity contribution in [3.63, 3.8) is 0 Å². The lowest BCUT2D eigenvalue weighted by Gasteiger charge is -2.07. The highest BCUT2D eigenvalue weighted by Gasteiger charge is 2.06. The maximum absolute atomic E-state index is 10.9. The van der Waals surface area contributed by atoms with Crippen LogP contribution in [-0.4, -0.2) is 37.2 Å². The average molecular weight is 187 g/mol. The van der Waals surface area contributed by atoms with Crippen molar-refractivity contribution < 1.29 is 14.4 Å². The molecule has 0 aliphatic rings. The van der Waals surface area contributed by atoms with Crippen molar-refractivity contribution >= 4 is 18.1 Å². The SMILES string of the molecule is CC(C=O)NC(=O)CNC(=O)CN. The molecule has 0 aliphatic carbocycles. The average Bonchev–Trinajstić information content (AvgIpc) is 2.13. The molecule has 4 N–H and O–H groups in total. The van der Waals surface area contributed by atoms with E-state index in [0.29, 0.717) is 6.29 Å². The van der Waals surface area contributed by atoms with E-state index < -0.39 is 17.9 Å². The molecule has 0 fully saturated rings. The summed E-state index contributed by atoms with van der Waals surface area (Å²) < 4.78 is 0. The molecule has 13 heavy (non-hydrogen) atoms. The van der Waals surface area contributed by atoms with Crippen molar-refractivity contribution in [2.24, 2.45) is 5.73 Å². The molecule has 0 rings (SSSR count). The standard InChI is InChI=1S/C7H13N3O3/c1-5(4-11)10-7(13)3-9-6(12)2-8/h4-5H,2-3,8H2,1H3,(H,9,12)(H,10,13). The summed E-state index contributed by atoms with van der Waals surface area (Å²) >= 11 is 0. The summed E-state index contributed by atoms with van der Waals surface area (Å²) in [7, 11) is 0. The largest absolute Gasteiger partial charge is 0.346 e. The second-order valence-electron chi connectivity index (χ2n) is 2.47. The maximum atomic E-state index is 10.9. The Morgan fingerprint density at radius 1 is 1.46 bits per heavy atom. The van der Waals surface area contributed by atoms with Gasteiger partial charge in [0.25, 0.3) is 0 Å². The number of amides is 2. The smallest absolute Gasteiger partial charge is 0.239 e. The molecule has 1 unspecified atom stereocenters. The first-order valence-corrected chi connectivity index (χ1v) is 3.81. The molecule has 1 atom stereocenters. The highest BCUT2D eigenvalue weighted by atomic mass is 16.2. The van der Waals surface area contributed by atoms with E-state index in [1.54, 1.807) is 0 Å². The summed E-state index contributed by atoms with van der Waals surface area (Å²) in [4.78, 5) is 31.6. The summed E-state index contributed by atoms with van der Waals surface area (Å²) in [6.45, 7) is 1.22. The lowest BCUT2D eigenvalue weighted by Crippen LogP contribution is -2.42. The van der Waals surface area contributed by atoms with E-state index in [1.807, 2.05) is 0 Å². The van der Waals surface area contributed by atoms with Gasteiger partial charge in [-0.1, -0.05) is 0 Å². The number of nitrogens with one attached hydrogen (secondary N) is 2. The minimum Gasteiger partial charge on any atom is -0.346 e. The Bertz CT molecular complexity index is 205. The molecule has 6 nitrogen and oxygen atoms in total. The lowest BCUT2D eigenvalue weighted by atomic mass is 10.4. The number of hydrogen-bond acceptors (Lipinski definition) is 4. The fourth-order valence-corrected chi connectivity index (χ4v) is 0.590. The van der Waals surface area contributed by atoms with Gasteiger partial charge in [0.15, 0.2) is 0 Å². The van der Waals surface area contributed by atoms with Crippen molar-refractivity contribution in [3.05, 3.63) is 0 Å². The van der Waals surface area contributed by atoms with Crippen LogP contribution in [0.15, 0.2) is 0 Å². The monoisotopic (exact) mass is 187 g/mol. The highest BCUT2D eigenvalue weighted by molar-refractivity contribution is 5.86. The fraction of sp³-hybridized carbons (Fsp3) is 0.571. The van der Waals surface area contributed by atoms with Crippen molar-refractivity contribution in [3.8, 4) is 0 Å². The number of hydrogen-bond donors (Lipinski definition) is 3. The van der Waals surface area contributed by atoms with E-state index in [2.05, 4.69) is 10.6 Å². The van der Waals surface area contributed by atoms with Gasteiger partial charge in [-0.2, -0.15) is 0 Å². The van der Waals surface area contributed by atoms with Crippen molar-refractivity contribution in [2.45, 2.75) is 13.0 Å². The van der Waals surface area contributed by atoms with E-state index in [-0.39, 0.29) is 13.1 Å². The van der Waals surface area contributed by atoms with Crippen LogP contribution < -0.4 is 16.4 Å². The second-order valence-corrected chi connectivity index (χ2v) is 2.47. The van der Waals surface area contributed by atoms with Crippen LogP contribution in [-0.2, 0) is 14.4 Å². The minimum atomic E-state index is -0.540. The van der Waals surface area contributed by atoms with Gasteiger partial charge in [0.05, 0.1) is 19.1 Å². The Balaban J connectivity index is 3.63. The van der Waals surface area contributed by atoms with E-state index >= 15 is 0 Å². The Kier molecular flexibility index (Phi) is 5.45. The summed E-state index contributed by atoms with van der Waals surface area (Å²) in [5.74, 6) is -0.824. The van der Waals surface area contributed by atoms with Gasteiger partial charge in [-0.05, 0) is 6.92 Å². The molecule has 0 saturated carbocycles. The molecule has 0 radical (unpaired) electrons.